The predicted octanol–water partition coefficient (Wildman–Crippen LogP) is 4.76. The maximum Gasteiger partial charge on any atom is 0.267 e. The summed E-state index contributed by atoms with van der Waals surface area (Å²) in [7, 11) is 1.10. The summed E-state index contributed by atoms with van der Waals surface area (Å²) in [5.74, 6) is -0.695. The van der Waals surface area contributed by atoms with Crippen LogP contribution in [-0.2, 0) is 16.6 Å². The first kappa shape index (κ1) is 30.6. The maximum atomic E-state index is 15.9. The van der Waals surface area contributed by atoms with Crippen molar-refractivity contribution in [3.05, 3.63) is 63.9 Å². The summed E-state index contributed by atoms with van der Waals surface area (Å²) in [5.41, 5.74) is -0.437. The molecule has 1 saturated carbocycles. The predicted molar refractivity (Wildman–Crippen MR) is 165 cm³/mol. The van der Waals surface area contributed by atoms with Crippen molar-refractivity contribution in [3.8, 4) is 17.0 Å². The van der Waals surface area contributed by atoms with Crippen molar-refractivity contribution in [2.24, 2.45) is 0 Å². The number of aryl methyl sites for hydroxylation is 1. The van der Waals surface area contributed by atoms with Gasteiger partial charge in [0.25, 0.3) is 15.6 Å². The van der Waals surface area contributed by atoms with E-state index in [1.807, 2.05) is 0 Å². The lowest BCUT2D eigenvalue weighted by Crippen LogP contribution is -2.36. The van der Waals surface area contributed by atoms with Gasteiger partial charge < -0.3 is 15.0 Å². The topological polar surface area (TPSA) is 131 Å². The standard InChI is InChI=1S/C29H33ClFN7O4S/c1-5-38-26-17(15-33-29(35-26)34-19-9-11-20(12-10-19)37(2)3)13-22(28(38)39)21-7-6-8-23(25(21)31)36-43(40,41)24-14-18(30)16-32-27(24)42-4/h6-8,13-16,19-20,36H,5,9-12H2,1-4H3,(H,33,34,35)/t19-,20-. The van der Waals surface area contributed by atoms with Crippen molar-refractivity contribution in [3.63, 3.8) is 0 Å². The third-order valence-electron chi connectivity index (χ3n) is 7.70. The van der Waals surface area contributed by atoms with Crippen LogP contribution in [0.15, 0.2) is 52.4 Å². The van der Waals surface area contributed by atoms with E-state index < -0.39 is 21.4 Å². The Hall–Kier alpha value is -3.81. The fourth-order valence-electron chi connectivity index (χ4n) is 5.41. The minimum atomic E-state index is -4.36. The molecule has 1 aliphatic carbocycles. The molecular weight excluding hydrogens is 597 g/mol. The number of aromatic nitrogens is 4. The summed E-state index contributed by atoms with van der Waals surface area (Å²) in [6.07, 6.45) is 6.97. The summed E-state index contributed by atoms with van der Waals surface area (Å²) in [5, 5.41) is 4.01. The van der Waals surface area contributed by atoms with E-state index >= 15 is 4.39 Å². The van der Waals surface area contributed by atoms with Crippen molar-refractivity contribution in [1.82, 2.24) is 24.4 Å². The van der Waals surface area contributed by atoms with Crippen LogP contribution in [0.4, 0.5) is 16.0 Å². The molecule has 4 aromatic rings. The molecule has 3 aromatic heterocycles. The fourth-order valence-corrected chi connectivity index (χ4v) is 6.83. The number of benzene rings is 1. The van der Waals surface area contributed by atoms with Gasteiger partial charge in [0.2, 0.25) is 11.8 Å². The van der Waals surface area contributed by atoms with E-state index in [0.717, 1.165) is 31.7 Å². The highest BCUT2D eigenvalue weighted by molar-refractivity contribution is 7.92. The Morgan fingerprint density at radius 1 is 1.12 bits per heavy atom. The molecule has 0 saturated heterocycles. The molecule has 1 fully saturated rings. The number of halogens is 2. The lowest BCUT2D eigenvalue weighted by Gasteiger charge is -2.32. The highest BCUT2D eigenvalue weighted by Crippen LogP contribution is 2.31. The Bertz CT molecular complexity index is 1830. The van der Waals surface area contributed by atoms with Crippen LogP contribution < -0.4 is 20.3 Å². The first-order valence-electron chi connectivity index (χ1n) is 13.9. The normalized spacial score (nSPS) is 17.3. The molecule has 43 heavy (non-hydrogen) atoms. The van der Waals surface area contributed by atoms with Gasteiger partial charge in [0.15, 0.2) is 10.7 Å². The Labute approximate surface area is 254 Å². The molecule has 0 amide bonds. The van der Waals surface area contributed by atoms with E-state index in [0.29, 0.717) is 23.0 Å². The van der Waals surface area contributed by atoms with Gasteiger partial charge in [-0.25, -0.2) is 22.8 Å². The number of rotatable bonds is 9. The van der Waals surface area contributed by atoms with Crippen molar-refractivity contribution in [2.75, 3.05) is 31.2 Å². The number of anilines is 2. The van der Waals surface area contributed by atoms with E-state index in [1.54, 1.807) is 13.1 Å². The zero-order valence-electron chi connectivity index (χ0n) is 24.3. The second kappa shape index (κ2) is 12.4. The van der Waals surface area contributed by atoms with Crippen LogP contribution in [0, 0.1) is 5.82 Å². The maximum absolute atomic E-state index is 15.9. The first-order chi connectivity index (χ1) is 20.5. The molecule has 3 heterocycles. The molecule has 5 rings (SSSR count). The Balaban J connectivity index is 1.47. The number of fused-ring (bicyclic) bond motifs is 1. The summed E-state index contributed by atoms with van der Waals surface area (Å²) in [4.78, 5) is 28.5. The molecule has 11 nitrogen and oxygen atoms in total. The van der Waals surface area contributed by atoms with Crippen LogP contribution in [0.25, 0.3) is 22.2 Å². The lowest BCUT2D eigenvalue weighted by atomic mass is 9.91. The van der Waals surface area contributed by atoms with E-state index in [4.69, 9.17) is 16.3 Å². The molecule has 0 bridgehead atoms. The molecule has 1 aromatic carbocycles. The number of ether oxygens (including phenoxy) is 1. The summed E-state index contributed by atoms with van der Waals surface area (Å²) >= 11 is 5.95. The molecule has 2 N–H and O–H groups in total. The Kier molecular flexibility index (Phi) is 8.86. The fraction of sp³-hybridized carbons (Fsp3) is 0.379. The van der Waals surface area contributed by atoms with Crippen molar-refractivity contribution in [2.45, 2.75) is 56.1 Å². The summed E-state index contributed by atoms with van der Waals surface area (Å²) in [6, 6.07) is 7.60. The van der Waals surface area contributed by atoms with Gasteiger partial charge >= 0.3 is 0 Å². The molecular formula is C29H33ClFN7O4S. The number of pyridine rings is 2. The van der Waals surface area contributed by atoms with Crippen molar-refractivity contribution in [1.29, 1.82) is 0 Å². The average molecular weight is 630 g/mol. The second-order valence-electron chi connectivity index (χ2n) is 10.6. The van der Waals surface area contributed by atoms with Gasteiger partial charge in [0.05, 0.1) is 23.4 Å². The molecule has 0 unspecified atom stereocenters. The van der Waals surface area contributed by atoms with Crippen molar-refractivity contribution < 1.29 is 17.5 Å². The number of hydrogen-bond donors (Lipinski definition) is 2. The van der Waals surface area contributed by atoms with E-state index in [-0.39, 0.29) is 45.2 Å². The third-order valence-corrected chi connectivity index (χ3v) is 9.27. The van der Waals surface area contributed by atoms with Crippen LogP contribution in [0.5, 0.6) is 5.88 Å². The Morgan fingerprint density at radius 3 is 2.53 bits per heavy atom. The highest BCUT2D eigenvalue weighted by atomic mass is 35.5. The van der Waals surface area contributed by atoms with Crippen LogP contribution in [0.1, 0.15) is 32.6 Å². The number of sulfonamides is 1. The number of hydrogen-bond acceptors (Lipinski definition) is 9. The van der Waals surface area contributed by atoms with E-state index in [1.165, 1.54) is 42.1 Å². The number of nitrogens with one attached hydrogen (secondary N) is 2. The monoisotopic (exact) mass is 629 g/mol. The molecule has 14 heteroatoms. The zero-order valence-corrected chi connectivity index (χ0v) is 25.8. The summed E-state index contributed by atoms with van der Waals surface area (Å²) in [6.45, 7) is 2.08. The van der Waals surface area contributed by atoms with Gasteiger partial charge in [-0.3, -0.25) is 14.1 Å². The van der Waals surface area contributed by atoms with Gasteiger partial charge in [-0.2, -0.15) is 4.98 Å². The third kappa shape index (κ3) is 6.29. The van der Waals surface area contributed by atoms with Gasteiger partial charge in [-0.05, 0) is 64.9 Å². The minimum absolute atomic E-state index is 0.0428. The quantitative estimate of drug-likeness (QED) is 0.269. The van der Waals surface area contributed by atoms with E-state index in [2.05, 4.69) is 44.0 Å². The van der Waals surface area contributed by atoms with Crippen LogP contribution >= 0.6 is 11.6 Å². The smallest absolute Gasteiger partial charge is 0.267 e. The molecule has 0 aliphatic heterocycles. The van der Waals surface area contributed by atoms with Crippen LogP contribution in [-0.4, -0.2) is 66.1 Å². The second-order valence-corrected chi connectivity index (χ2v) is 12.7. The molecule has 0 spiro atoms. The first-order valence-corrected chi connectivity index (χ1v) is 15.7. The molecule has 0 radical (unpaired) electrons. The van der Waals surface area contributed by atoms with Gasteiger partial charge in [0, 0.05) is 42.0 Å². The van der Waals surface area contributed by atoms with Gasteiger partial charge in [-0.1, -0.05) is 23.7 Å². The largest absolute Gasteiger partial charge is 0.480 e. The van der Waals surface area contributed by atoms with Gasteiger partial charge in [-0.15, -0.1) is 0 Å². The van der Waals surface area contributed by atoms with Gasteiger partial charge in [0.1, 0.15) is 5.65 Å². The minimum Gasteiger partial charge on any atom is -0.480 e. The van der Waals surface area contributed by atoms with E-state index in [9.17, 15) is 13.2 Å². The van der Waals surface area contributed by atoms with Crippen molar-refractivity contribution >= 4 is 44.3 Å². The SMILES string of the molecule is CCn1c(=O)c(-c2cccc(NS(=O)(=O)c3cc(Cl)cnc3OC)c2F)cc2cnc(N[C@H]3CC[C@H](N(C)C)CC3)nc21. The van der Waals surface area contributed by atoms with Crippen LogP contribution in [0.3, 0.4) is 0 Å². The average Bonchev–Trinajstić information content (AvgIpc) is 2.98. The zero-order chi connectivity index (χ0) is 30.9. The molecule has 228 valence electrons. The Morgan fingerprint density at radius 2 is 1.86 bits per heavy atom. The summed E-state index contributed by atoms with van der Waals surface area (Å²) < 4.78 is 50.9. The molecule has 1 aliphatic rings. The number of methoxy groups -OCH3 is 1. The van der Waals surface area contributed by atoms with Crippen LogP contribution in [0.2, 0.25) is 5.02 Å². The molecule has 0 atom stereocenters. The number of nitrogens with zero attached hydrogens (tertiary/aromatic N) is 5. The highest BCUT2D eigenvalue weighted by Gasteiger charge is 2.26. The lowest BCUT2D eigenvalue weighted by molar-refractivity contribution is 0.221.